The van der Waals surface area contributed by atoms with Crippen molar-refractivity contribution >= 4 is 15.7 Å². The summed E-state index contributed by atoms with van der Waals surface area (Å²) in [6.45, 7) is 7.17. The second kappa shape index (κ2) is 5.81. The Morgan fingerprint density at radius 1 is 1.35 bits per heavy atom. The minimum atomic E-state index is -3.64. The highest BCUT2D eigenvalue weighted by Crippen LogP contribution is 2.30. The Balaban J connectivity index is 3.38. The summed E-state index contributed by atoms with van der Waals surface area (Å²) in [5.41, 5.74) is 8.54. The van der Waals surface area contributed by atoms with E-state index in [1.165, 1.54) is 11.4 Å². The summed E-state index contributed by atoms with van der Waals surface area (Å²) >= 11 is 0. The summed E-state index contributed by atoms with van der Waals surface area (Å²) in [6, 6.07) is 3.81. The zero-order valence-electron chi connectivity index (χ0n) is 12.6. The molecular weight excluding hydrogens is 274 g/mol. The Kier molecular flexibility index (Phi) is 4.79. The predicted molar refractivity (Wildman–Crippen MR) is 79.7 cm³/mol. The molecule has 110 valence electrons. The number of nitrogens with two attached hydrogens (primary N) is 1. The van der Waals surface area contributed by atoms with Crippen LogP contribution in [0.5, 0.6) is 0 Å². The lowest BCUT2D eigenvalue weighted by Crippen LogP contribution is -2.32. The van der Waals surface area contributed by atoms with Crippen molar-refractivity contribution in [3.8, 4) is 6.07 Å². The van der Waals surface area contributed by atoms with E-state index in [0.29, 0.717) is 16.8 Å². The molecule has 0 saturated carbocycles. The fourth-order valence-corrected chi connectivity index (χ4v) is 3.95. The topological polar surface area (TPSA) is 87.2 Å². The Hall–Kier alpha value is -1.58. The Labute approximate surface area is 121 Å². The van der Waals surface area contributed by atoms with Crippen molar-refractivity contribution in [3.05, 3.63) is 22.8 Å². The fraction of sp³-hybridized carbons (Fsp3) is 0.500. The van der Waals surface area contributed by atoms with Crippen molar-refractivity contribution in [2.45, 2.75) is 32.6 Å². The first kappa shape index (κ1) is 16.5. The lowest BCUT2D eigenvalue weighted by Gasteiger charge is -2.22. The molecule has 0 bridgehead atoms. The molecule has 5 nitrogen and oxygen atoms in total. The molecule has 2 N–H and O–H groups in total. The summed E-state index contributed by atoms with van der Waals surface area (Å²) < 4.78 is 26.5. The van der Waals surface area contributed by atoms with Gasteiger partial charge in [0.1, 0.15) is 0 Å². The van der Waals surface area contributed by atoms with Crippen molar-refractivity contribution in [1.29, 1.82) is 5.26 Å². The molecule has 0 amide bonds. The van der Waals surface area contributed by atoms with E-state index in [1.807, 2.05) is 13.0 Å². The van der Waals surface area contributed by atoms with E-state index in [4.69, 9.17) is 11.0 Å². The number of nitrogen functional groups attached to an aromatic ring is 1. The SMILES string of the molecule is Cc1cc(C)c(S(=O)(=O)N(C)CC(C)C#N)c(C)c1N. The number of rotatable bonds is 4. The first-order valence-corrected chi connectivity index (χ1v) is 7.79. The van der Waals surface area contributed by atoms with Crippen molar-refractivity contribution in [1.82, 2.24) is 4.31 Å². The minimum Gasteiger partial charge on any atom is -0.398 e. The van der Waals surface area contributed by atoms with Gasteiger partial charge in [0.05, 0.1) is 16.9 Å². The molecule has 0 spiro atoms. The largest absolute Gasteiger partial charge is 0.398 e. The summed E-state index contributed by atoms with van der Waals surface area (Å²) in [4.78, 5) is 0.244. The van der Waals surface area contributed by atoms with Crippen molar-refractivity contribution in [2.75, 3.05) is 19.3 Å². The molecular formula is C14H21N3O2S. The highest BCUT2D eigenvalue weighted by Gasteiger charge is 2.27. The average Bonchev–Trinajstić information content (AvgIpc) is 2.35. The van der Waals surface area contributed by atoms with Gasteiger partial charge in [-0.15, -0.1) is 0 Å². The van der Waals surface area contributed by atoms with E-state index >= 15 is 0 Å². The van der Waals surface area contributed by atoms with Crippen LogP contribution in [0.4, 0.5) is 5.69 Å². The van der Waals surface area contributed by atoms with Crippen LogP contribution in [0.15, 0.2) is 11.0 Å². The number of hydrogen-bond acceptors (Lipinski definition) is 4. The maximum absolute atomic E-state index is 12.6. The molecule has 1 rings (SSSR count). The second-order valence-corrected chi connectivity index (χ2v) is 7.18. The molecule has 0 aliphatic rings. The number of sulfonamides is 1. The standard InChI is InChI=1S/C14H21N3O2S/c1-9(7-15)8-17(5)20(18,19)14-11(3)6-10(2)13(16)12(14)4/h6,9H,8,16H2,1-5H3. The molecule has 0 fully saturated rings. The zero-order valence-corrected chi connectivity index (χ0v) is 13.4. The quantitative estimate of drug-likeness (QED) is 0.860. The number of benzene rings is 1. The van der Waals surface area contributed by atoms with Gasteiger partial charge in [-0.3, -0.25) is 0 Å². The minimum absolute atomic E-state index is 0.158. The number of aryl methyl sites for hydroxylation is 2. The lowest BCUT2D eigenvalue weighted by atomic mass is 10.1. The molecule has 0 heterocycles. The monoisotopic (exact) mass is 295 g/mol. The van der Waals surface area contributed by atoms with E-state index in [1.54, 1.807) is 26.8 Å². The second-order valence-electron chi connectivity index (χ2n) is 5.19. The van der Waals surface area contributed by atoms with Crippen LogP contribution < -0.4 is 5.73 Å². The Bertz CT molecular complexity index is 660. The molecule has 0 aliphatic heterocycles. The van der Waals surface area contributed by atoms with E-state index in [-0.39, 0.29) is 17.4 Å². The van der Waals surface area contributed by atoms with Crippen LogP contribution in [0.25, 0.3) is 0 Å². The Morgan fingerprint density at radius 3 is 2.40 bits per heavy atom. The van der Waals surface area contributed by atoms with Crippen LogP contribution in [-0.4, -0.2) is 26.3 Å². The van der Waals surface area contributed by atoms with Gasteiger partial charge in [-0.05, 0) is 44.4 Å². The summed E-state index contributed by atoms with van der Waals surface area (Å²) in [5, 5.41) is 8.82. The van der Waals surface area contributed by atoms with E-state index in [2.05, 4.69) is 0 Å². The fourth-order valence-electron chi connectivity index (χ4n) is 2.26. The van der Waals surface area contributed by atoms with Gasteiger partial charge in [-0.2, -0.15) is 9.57 Å². The van der Waals surface area contributed by atoms with Gasteiger partial charge in [-0.1, -0.05) is 6.07 Å². The predicted octanol–water partition coefficient (Wildman–Crippen LogP) is 1.97. The Morgan fingerprint density at radius 2 is 1.90 bits per heavy atom. The smallest absolute Gasteiger partial charge is 0.243 e. The maximum Gasteiger partial charge on any atom is 0.243 e. The van der Waals surface area contributed by atoms with Crippen LogP contribution in [0.2, 0.25) is 0 Å². The van der Waals surface area contributed by atoms with E-state index < -0.39 is 10.0 Å². The third-order valence-corrected chi connectivity index (χ3v) is 5.49. The van der Waals surface area contributed by atoms with Gasteiger partial charge in [-0.25, -0.2) is 8.42 Å². The van der Waals surface area contributed by atoms with Gasteiger partial charge in [0.15, 0.2) is 0 Å². The third kappa shape index (κ3) is 2.94. The van der Waals surface area contributed by atoms with E-state index in [9.17, 15) is 8.42 Å². The summed E-state index contributed by atoms with van der Waals surface area (Å²) in [7, 11) is -2.16. The highest BCUT2D eigenvalue weighted by molar-refractivity contribution is 7.89. The van der Waals surface area contributed by atoms with Crippen molar-refractivity contribution in [3.63, 3.8) is 0 Å². The normalized spacial score (nSPS) is 13.2. The van der Waals surface area contributed by atoms with Gasteiger partial charge >= 0.3 is 0 Å². The first-order valence-electron chi connectivity index (χ1n) is 6.35. The molecule has 0 saturated heterocycles. The van der Waals surface area contributed by atoms with Crippen molar-refractivity contribution in [2.24, 2.45) is 5.92 Å². The average molecular weight is 295 g/mol. The molecule has 1 atom stereocenters. The zero-order chi connectivity index (χ0) is 15.7. The molecule has 1 aromatic rings. The van der Waals surface area contributed by atoms with Crippen LogP contribution >= 0.6 is 0 Å². The van der Waals surface area contributed by atoms with Crippen LogP contribution in [0.1, 0.15) is 23.6 Å². The first-order chi connectivity index (χ1) is 9.12. The van der Waals surface area contributed by atoms with Gasteiger partial charge in [0, 0.05) is 19.3 Å². The molecule has 0 aliphatic carbocycles. The number of hydrogen-bond donors (Lipinski definition) is 1. The summed E-state index contributed by atoms with van der Waals surface area (Å²) in [6.07, 6.45) is 0. The van der Waals surface area contributed by atoms with Gasteiger partial charge in [0.25, 0.3) is 0 Å². The maximum atomic E-state index is 12.6. The number of nitrogens with zero attached hydrogens (tertiary/aromatic N) is 2. The molecule has 0 aromatic heterocycles. The number of anilines is 1. The molecule has 20 heavy (non-hydrogen) atoms. The highest BCUT2D eigenvalue weighted by atomic mass is 32.2. The van der Waals surface area contributed by atoms with Crippen LogP contribution in [0.3, 0.4) is 0 Å². The number of nitriles is 1. The molecule has 6 heteroatoms. The van der Waals surface area contributed by atoms with E-state index in [0.717, 1.165) is 5.56 Å². The van der Waals surface area contributed by atoms with Crippen molar-refractivity contribution < 1.29 is 8.42 Å². The molecule has 0 radical (unpaired) electrons. The van der Waals surface area contributed by atoms with Gasteiger partial charge in [0.2, 0.25) is 10.0 Å². The third-order valence-electron chi connectivity index (χ3n) is 3.38. The van der Waals surface area contributed by atoms with Crippen LogP contribution in [0, 0.1) is 38.0 Å². The molecule has 1 aromatic carbocycles. The van der Waals surface area contributed by atoms with Crippen LogP contribution in [-0.2, 0) is 10.0 Å². The van der Waals surface area contributed by atoms with Gasteiger partial charge < -0.3 is 5.73 Å². The summed E-state index contributed by atoms with van der Waals surface area (Å²) in [5.74, 6) is -0.363. The lowest BCUT2D eigenvalue weighted by molar-refractivity contribution is 0.438. The molecule has 1 unspecified atom stereocenters.